The average Bonchev–Trinajstić information content (AvgIpc) is 2.87. The van der Waals surface area contributed by atoms with Gasteiger partial charge in [0, 0.05) is 0 Å². The van der Waals surface area contributed by atoms with E-state index in [2.05, 4.69) is 10.2 Å². The minimum Gasteiger partial charge on any atom is -0.497 e. The number of hydrogen-bond donors (Lipinski definition) is 2. The summed E-state index contributed by atoms with van der Waals surface area (Å²) < 4.78 is 6.86. The molecule has 0 spiro atoms. The van der Waals surface area contributed by atoms with Crippen molar-refractivity contribution >= 4 is 17.7 Å². The molecule has 0 bridgehead atoms. The summed E-state index contributed by atoms with van der Waals surface area (Å²) in [5.41, 5.74) is 0.945. The molecule has 2 rings (SSSR count). The summed E-state index contributed by atoms with van der Waals surface area (Å²) >= 11 is 1.07. The van der Waals surface area contributed by atoms with E-state index in [4.69, 9.17) is 9.84 Å². The van der Waals surface area contributed by atoms with Crippen LogP contribution in [0.5, 0.6) is 5.75 Å². The van der Waals surface area contributed by atoms with Crippen molar-refractivity contribution in [1.29, 1.82) is 0 Å². The Labute approximate surface area is 125 Å². The maximum Gasteiger partial charge on any atom is 0.313 e. The minimum absolute atomic E-state index is 0.109. The van der Waals surface area contributed by atoms with Gasteiger partial charge in [0.15, 0.2) is 11.0 Å². The smallest absolute Gasteiger partial charge is 0.313 e. The van der Waals surface area contributed by atoms with Crippen LogP contribution in [0.3, 0.4) is 0 Å². The van der Waals surface area contributed by atoms with Crippen LogP contribution in [0.4, 0.5) is 0 Å². The van der Waals surface area contributed by atoms with Gasteiger partial charge in [0.1, 0.15) is 12.4 Å². The number of ether oxygens (including phenoxy) is 1. The van der Waals surface area contributed by atoms with E-state index in [9.17, 15) is 9.90 Å². The summed E-state index contributed by atoms with van der Waals surface area (Å²) in [5.74, 6) is 0.0832. The third-order valence-corrected chi connectivity index (χ3v) is 3.69. The van der Waals surface area contributed by atoms with Gasteiger partial charge in [-0.2, -0.15) is 0 Å². The number of nitrogens with zero attached hydrogens (tertiary/aromatic N) is 3. The highest BCUT2D eigenvalue weighted by atomic mass is 32.2. The Morgan fingerprint density at radius 1 is 1.43 bits per heavy atom. The number of carbonyl (C=O) groups is 1. The molecule has 0 atom stereocenters. The fraction of sp³-hybridized carbons (Fsp3) is 0.308. The van der Waals surface area contributed by atoms with E-state index in [0.29, 0.717) is 17.5 Å². The lowest BCUT2D eigenvalue weighted by atomic mass is 10.2. The van der Waals surface area contributed by atoms with E-state index in [-0.39, 0.29) is 12.4 Å². The monoisotopic (exact) mass is 309 g/mol. The van der Waals surface area contributed by atoms with Crippen LogP contribution in [0, 0.1) is 0 Å². The molecule has 1 aromatic carbocycles. The Kier molecular flexibility index (Phi) is 5.18. The predicted octanol–water partition coefficient (Wildman–Crippen LogP) is 1.00. The molecule has 0 radical (unpaired) electrons. The maximum absolute atomic E-state index is 10.7. The van der Waals surface area contributed by atoms with Crippen LogP contribution in [0.2, 0.25) is 0 Å². The minimum atomic E-state index is -0.929. The van der Waals surface area contributed by atoms with Gasteiger partial charge in [0.2, 0.25) is 0 Å². The molecular weight excluding hydrogens is 294 g/mol. The van der Waals surface area contributed by atoms with Gasteiger partial charge in [0.25, 0.3) is 0 Å². The third kappa shape index (κ3) is 3.96. The van der Waals surface area contributed by atoms with Crippen LogP contribution in [0.15, 0.2) is 29.4 Å². The molecule has 0 unspecified atom stereocenters. The molecule has 21 heavy (non-hydrogen) atoms. The van der Waals surface area contributed by atoms with Crippen molar-refractivity contribution in [2.75, 3.05) is 12.9 Å². The normalized spacial score (nSPS) is 10.6. The summed E-state index contributed by atoms with van der Waals surface area (Å²) in [7, 11) is 1.59. The highest BCUT2D eigenvalue weighted by Crippen LogP contribution is 2.20. The molecular formula is C13H15N3O4S. The highest BCUT2D eigenvalue weighted by molar-refractivity contribution is 7.99. The van der Waals surface area contributed by atoms with Crippen LogP contribution in [-0.4, -0.2) is 43.8 Å². The van der Waals surface area contributed by atoms with Crippen molar-refractivity contribution in [3.63, 3.8) is 0 Å². The fourth-order valence-electron chi connectivity index (χ4n) is 1.78. The first kappa shape index (κ1) is 15.3. The molecule has 0 aliphatic carbocycles. The van der Waals surface area contributed by atoms with E-state index in [1.165, 1.54) is 0 Å². The van der Waals surface area contributed by atoms with Crippen molar-refractivity contribution in [2.24, 2.45) is 0 Å². The molecule has 0 saturated carbocycles. The van der Waals surface area contributed by atoms with Gasteiger partial charge in [-0.25, -0.2) is 0 Å². The summed E-state index contributed by atoms with van der Waals surface area (Å²) in [6.07, 6.45) is 0. The quantitative estimate of drug-likeness (QED) is 0.736. The molecule has 0 amide bonds. The van der Waals surface area contributed by atoms with Gasteiger partial charge >= 0.3 is 5.97 Å². The number of methoxy groups -OCH3 is 1. The number of benzene rings is 1. The Morgan fingerprint density at radius 3 is 2.90 bits per heavy atom. The van der Waals surface area contributed by atoms with Crippen LogP contribution in [0.1, 0.15) is 11.4 Å². The first-order chi connectivity index (χ1) is 10.1. The van der Waals surface area contributed by atoms with Crippen LogP contribution >= 0.6 is 11.8 Å². The Hall–Kier alpha value is -2.06. The lowest BCUT2D eigenvalue weighted by Crippen LogP contribution is -2.08. The first-order valence-electron chi connectivity index (χ1n) is 6.14. The second-order valence-corrected chi connectivity index (χ2v) is 5.12. The maximum atomic E-state index is 10.7. The highest BCUT2D eigenvalue weighted by Gasteiger charge is 2.14. The number of rotatable bonds is 7. The van der Waals surface area contributed by atoms with Gasteiger partial charge in [0.05, 0.1) is 19.4 Å². The summed E-state index contributed by atoms with van der Waals surface area (Å²) in [4.78, 5) is 10.7. The first-order valence-corrected chi connectivity index (χ1v) is 7.13. The second-order valence-electron chi connectivity index (χ2n) is 4.18. The van der Waals surface area contributed by atoms with E-state index in [1.54, 1.807) is 11.7 Å². The van der Waals surface area contributed by atoms with E-state index < -0.39 is 5.97 Å². The number of aliphatic hydroxyl groups excluding tert-OH is 1. The zero-order valence-corrected chi connectivity index (χ0v) is 12.2. The van der Waals surface area contributed by atoms with Crippen molar-refractivity contribution in [2.45, 2.75) is 18.3 Å². The third-order valence-electron chi connectivity index (χ3n) is 2.73. The number of aromatic nitrogens is 3. The summed E-state index contributed by atoms with van der Waals surface area (Å²) in [6.45, 7) is 0.173. The van der Waals surface area contributed by atoms with Crippen molar-refractivity contribution in [3.05, 3.63) is 35.7 Å². The van der Waals surface area contributed by atoms with E-state index in [0.717, 1.165) is 23.1 Å². The zero-order chi connectivity index (χ0) is 15.2. The number of carboxylic acid groups (broad SMARTS) is 1. The van der Waals surface area contributed by atoms with Crippen LogP contribution < -0.4 is 4.74 Å². The molecule has 2 N–H and O–H groups in total. The Bertz CT molecular complexity index is 630. The Morgan fingerprint density at radius 2 is 2.24 bits per heavy atom. The molecule has 112 valence electrons. The zero-order valence-electron chi connectivity index (χ0n) is 11.4. The fourth-order valence-corrected chi connectivity index (χ4v) is 2.46. The van der Waals surface area contributed by atoms with Crippen molar-refractivity contribution in [3.8, 4) is 5.75 Å². The molecule has 0 aliphatic rings. The number of aliphatic hydroxyl groups is 1. The molecule has 0 aliphatic heterocycles. The van der Waals surface area contributed by atoms with Crippen LogP contribution in [0.25, 0.3) is 0 Å². The molecule has 0 fully saturated rings. The molecule has 1 aromatic heterocycles. The standard InChI is InChI=1S/C13H15N3O4S/c1-20-10-4-2-3-9(5-10)6-16-11(7-17)14-15-13(16)21-8-12(18)19/h2-5,17H,6-8H2,1H3,(H,18,19). The van der Waals surface area contributed by atoms with Gasteiger partial charge in [-0.1, -0.05) is 23.9 Å². The molecule has 1 heterocycles. The number of thioether (sulfide) groups is 1. The lowest BCUT2D eigenvalue weighted by Gasteiger charge is -2.09. The van der Waals surface area contributed by atoms with E-state index in [1.807, 2.05) is 24.3 Å². The van der Waals surface area contributed by atoms with E-state index >= 15 is 0 Å². The molecule has 7 nitrogen and oxygen atoms in total. The number of aliphatic carboxylic acids is 1. The molecule has 8 heteroatoms. The predicted molar refractivity (Wildman–Crippen MR) is 76.4 cm³/mol. The summed E-state index contributed by atoms with van der Waals surface area (Å²) in [6, 6.07) is 7.48. The van der Waals surface area contributed by atoms with Gasteiger partial charge in [-0.3, -0.25) is 9.36 Å². The number of hydrogen-bond acceptors (Lipinski definition) is 6. The molecule has 0 saturated heterocycles. The van der Waals surface area contributed by atoms with Crippen molar-refractivity contribution in [1.82, 2.24) is 14.8 Å². The SMILES string of the molecule is COc1cccc(Cn2c(CO)nnc2SCC(=O)O)c1. The molecule has 2 aromatic rings. The largest absolute Gasteiger partial charge is 0.497 e. The number of carboxylic acids is 1. The van der Waals surface area contributed by atoms with Crippen LogP contribution in [-0.2, 0) is 17.9 Å². The van der Waals surface area contributed by atoms with Gasteiger partial charge in [-0.05, 0) is 17.7 Å². The second kappa shape index (κ2) is 7.09. The van der Waals surface area contributed by atoms with Crippen molar-refractivity contribution < 1.29 is 19.7 Å². The topological polar surface area (TPSA) is 97.5 Å². The van der Waals surface area contributed by atoms with Gasteiger partial charge < -0.3 is 14.9 Å². The summed E-state index contributed by atoms with van der Waals surface area (Å²) in [5, 5.41) is 26.3. The Balaban J connectivity index is 2.24. The lowest BCUT2D eigenvalue weighted by molar-refractivity contribution is -0.133. The van der Waals surface area contributed by atoms with Gasteiger partial charge in [-0.15, -0.1) is 10.2 Å². The average molecular weight is 309 g/mol.